The van der Waals surface area contributed by atoms with Gasteiger partial charge in [-0.15, -0.1) is 0 Å². The normalized spacial score (nSPS) is 11.8. The zero-order chi connectivity index (χ0) is 19.6. The largest absolute Gasteiger partial charge is 0.433 e. The highest BCUT2D eigenvalue weighted by Gasteiger charge is 2.31. The van der Waals surface area contributed by atoms with Crippen molar-refractivity contribution >= 4 is 33.3 Å². The lowest BCUT2D eigenvalue weighted by molar-refractivity contribution is -0.0517. The number of alkyl halides is 2. The molecule has 0 aliphatic heterocycles. The van der Waals surface area contributed by atoms with E-state index in [-0.39, 0.29) is 11.5 Å². The van der Waals surface area contributed by atoms with Crippen molar-refractivity contribution in [1.82, 2.24) is 20.2 Å². The van der Waals surface area contributed by atoms with Crippen molar-refractivity contribution in [3.8, 4) is 5.75 Å². The molecule has 1 heterocycles. The molecule has 0 spiro atoms. The third kappa shape index (κ3) is 3.90. The molecule has 2 aromatic rings. The van der Waals surface area contributed by atoms with Crippen molar-refractivity contribution < 1.29 is 26.7 Å². The summed E-state index contributed by atoms with van der Waals surface area (Å²) < 4.78 is 55.7. The van der Waals surface area contributed by atoms with Crippen LogP contribution in [0.25, 0.3) is 0 Å². The molecule has 0 radical (unpaired) electrons. The van der Waals surface area contributed by atoms with E-state index in [1.807, 2.05) is 0 Å². The summed E-state index contributed by atoms with van der Waals surface area (Å²) in [5, 5.41) is 11.2. The summed E-state index contributed by atoms with van der Waals surface area (Å²) >= 11 is 6.08. The fourth-order valence-corrected chi connectivity index (χ4v) is 3.70. The predicted octanol–water partition coefficient (Wildman–Crippen LogP) is 1.90. The van der Waals surface area contributed by atoms with E-state index in [0.717, 1.165) is 16.8 Å². The number of aryl methyl sites for hydroxylation is 1. The van der Waals surface area contributed by atoms with Gasteiger partial charge >= 0.3 is 6.61 Å². The molecule has 26 heavy (non-hydrogen) atoms. The lowest BCUT2D eigenvalue weighted by Crippen LogP contribution is -2.20. The van der Waals surface area contributed by atoms with Gasteiger partial charge in [0.25, 0.3) is 5.91 Å². The van der Waals surface area contributed by atoms with Crippen molar-refractivity contribution in [2.24, 2.45) is 7.05 Å². The van der Waals surface area contributed by atoms with E-state index in [9.17, 15) is 22.0 Å². The highest BCUT2D eigenvalue weighted by molar-refractivity contribution is 7.92. The standard InChI is InChI=1S/C13H14ClF2N5O4S/c1-6(2)26(23,24)10-8(25-12(15)16)5-4-7(9(10)14)11(22)17-13-18-19-20-21(13)3/h4-6,12H,1-3H3,(H,17,18,20,22). The maximum absolute atomic E-state index is 12.6. The van der Waals surface area contributed by atoms with Gasteiger partial charge in [-0.2, -0.15) is 8.78 Å². The summed E-state index contributed by atoms with van der Waals surface area (Å²) in [5.74, 6) is -1.49. The van der Waals surface area contributed by atoms with Crippen LogP contribution < -0.4 is 10.1 Å². The first-order chi connectivity index (χ1) is 12.1. The highest BCUT2D eigenvalue weighted by Crippen LogP contribution is 2.37. The van der Waals surface area contributed by atoms with Gasteiger partial charge in [0.2, 0.25) is 5.95 Å². The Kier molecular flexibility index (Phi) is 5.76. The predicted molar refractivity (Wildman–Crippen MR) is 87.2 cm³/mol. The van der Waals surface area contributed by atoms with Crippen LogP contribution in [0.5, 0.6) is 5.75 Å². The van der Waals surface area contributed by atoms with Crippen molar-refractivity contribution in [2.75, 3.05) is 5.32 Å². The minimum absolute atomic E-state index is 0.0211. The van der Waals surface area contributed by atoms with Crippen molar-refractivity contribution in [3.63, 3.8) is 0 Å². The Bertz CT molecular complexity index is 933. The first-order valence-electron chi connectivity index (χ1n) is 7.10. The van der Waals surface area contributed by atoms with Gasteiger partial charge in [-0.1, -0.05) is 16.7 Å². The number of carbonyl (C=O) groups excluding carboxylic acids is 1. The molecule has 1 amide bonds. The van der Waals surface area contributed by atoms with Gasteiger partial charge in [0.05, 0.1) is 15.8 Å². The molecule has 0 fully saturated rings. The minimum atomic E-state index is -4.13. The van der Waals surface area contributed by atoms with Crippen LogP contribution in [-0.4, -0.2) is 46.4 Å². The molecule has 142 valence electrons. The maximum atomic E-state index is 12.6. The third-order valence-electron chi connectivity index (χ3n) is 3.27. The summed E-state index contributed by atoms with van der Waals surface area (Å²) in [4.78, 5) is 11.7. The number of rotatable bonds is 6. The van der Waals surface area contributed by atoms with Gasteiger partial charge in [-0.3, -0.25) is 10.1 Å². The van der Waals surface area contributed by atoms with E-state index in [4.69, 9.17) is 11.6 Å². The summed E-state index contributed by atoms with van der Waals surface area (Å²) in [6.45, 7) is -0.581. The smallest absolute Gasteiger partial charge is 0.387 e. The quantitative estimate of drug-likeness (QED) is 0.774. The summed E-state index contributed by atoms with van der Waals surface area (Å²) in [5.41, 5.74) is -0.268. The zero-order valence-electron chi connectivity index (χ0n) is 13.8. The topological polar surface area (TPSA) is 116 Å². The molecule has 0 aliphatic carbocycles. The molecular formula is C13H14ClF2N5O4S. The Morgan fingerprint density at radius 1 is 1.35 bits per heavy atom. The molecule has 13 heteroatoms. The van der Waals surface area contributed by atoms with E-state index < -0.39 is 43.3 Å². The molecule has 0 atom stereocenters. The number of aromatic nitrogens is 4. The first-order valence-corrected chi connectivity index (χ1v) is 9.03. The molecule has 1 aromatic heterocycles. The maximum Gasteiger partial charge on any atom is 0.387 e. The zero-order valence-corrected chi connectivity index (χ0v) is 15.3. The molecule has 2 rings (SSSR count). The number of ether oxygens (including phenoxy) is 1. The van der Waals surface area contributed by atoms with Crippen LogP contribution in [0.2, 0.25) is 5.02 Å². The van der Waals surface area contributed by atoms with Crippen molar-refractivity contribution in [1.29, 1.82) is 0 Å². The van der Waals surface area contributed by atoms with E-state index >= 15 is 0 Å². The van der Waals surface area contributed by atoms with E-state index in [0.29, 0.717) is 0 Å². The van der Waals surface area contributed by atoms with E-state index in [1.165, 1.54) is 20.9 Å². The second kappa shape index (κ2) is 7.50. The van der Waals surface area contributed by atoms with E-state index in [1.54, 1.807) is 0 Å². The molecule has 1 N–H and O–H groups in total. The van der Waals surface area contributed by atoms with Crippen LogP contribution in [0.15, 0.2) is 17.0 Å². The fourth-order valence-electron chi connectivity index (χ4n) is 1.91. The fraction of sp³-hybridized carbons (Fsp3) is 0.385. The Labute approximate surface area is 152 Å². The Morgan fingerprint density at radius 2 is 2.00 bits per heavy atom. The highest BCUT2D eigenvalue weighted by atomic mass is 35.5. The van der Waals surface area contributed by atoms with Crippen LogP contribution >= 0.6 is 11.6 Å². The average Bonchev–Trinajstić information content (AvgIpc) is 2.91. The summed E-state index contributed by atoms with van der Waals surface area (Å²) in [6.07, 6.45) is 0. The second-order valence-corrected chi connectivity index (χ2v) is 8.13. The summed E-state index contributed by atoms with van der Waals surface area (Å²) in [6, 6.07) is 2.01. The molecule has 0 saturated heterocycles. The third-order valence-corrected chi connectivity index (χ3v) is 5.99. The minimum Gasteiger partial charge on any atom is -0.433 e. The van der Waals surface area contributed by atoms with Gasteiger partial charge in [-0.05, 0) is 36.4 Å². The number of carbonyl (C=O) groups is 1. The number of nitrogens with one attached hydrogen (secondary N) is 1. The number of sulfone groups is 1. The SMILES string of the molecule is CC(C)S(=O)(=O)c1c(OC(F)F)ccc(C(=O)Nc2nnnn2C)c1Cl. The van der Waals surface area contributed by atoms with Crippen molar-refractivity contribution in [3.05, 3.63) is 22.7 Å². The Balaban J connectivity index is 2.56. The summed E-state index contributed by atoms with van der Waals surface area (Å²) in [7, 11) is -2.66. The number of hydrogen-bond donors (Lipinski definition) is 1. The number of anilines is 1. The number of halogens is 3. The van der Waals surface area contributed by atoms with Crippen LogP contribution in [0.1, 0.15) is 24.2 Å². The van der Waals surface area contributed by atoms with Gasteiger partial charge in [0.1, 0.15) is 10.6 Å². The Morgan fingerprint density at radius 3 is 2.50 bits per heavy atom. The van der Waals surface area contributed by atoms with Gasteiger partial charge in [0.15, 0.2) is 9.84 Å². The van der Waals surface area contributed by atoms with Gasteiger partial charge in [0, 0.05) is 7.05 Å². The lowest BCUT2D eigenvalue weighted by atomic mass is 10.2. The van der Waals surface area contributed by atoms with Crippen molar-refractivity contribution in [2.45, 2.75) is 30.6 Å². The number of nitrogens with zero attached hydrogens (tertiary/aromatic N) is 4. The monoisotopic (exact) mass is 409 g/mol. The molecule has 0 unspecified atom stereocenters. The number of amides is 1. The van der Waals surface area contributed by atoms with Crippen LogP contribution in [0.3, 0.4) is 0 Å². The first kappa shape index (κ1) is 20.0. The Hall–Kier alpha value is -2.34. The van der Waals surface area contributed by atoms with Gasteiger partial charge in [-0.25, -0.2) is 13.1 Å². The van der Waals surface area contributed by atoms with Gasteiger partial charge < -0.3 is 4.74 Å². The second-order valence-electron chi connectivity index (χ2n) is 5.31. The average molecular weight is 410 g/mol. The van der Waals surface area contributed by atoms with E-state index in [2.05, 4.69) is 25.6 Å². The number of hydrogen-bond acceptors (Lipinski definition) is 7. The molecular weight excluding hydrogens is 396 g/mol. The molecule has 0 aliphatic rings. The molecule has 0 bridgehead atoms. The van der Waals surface area contributed by atoms with Crippen LogP contribution in [0.4, 0.5) is 14.7 Å². The number of tetrazole rings is 1. The lowest BCUT2D eigenvalue weighted by Gasteiger charge is -2.17. The molecule has 1 aromatic carbocycles. The van der Waals surface area contributed by atoms with Crippen LogP contribution in [0, 0.1) is 0 Å². The molecule has 9 nitrogen and oxygen atoms in total. The number of benzene rings is 1. The molecule has 0 saturated carbocycles. The van der Waals surface area contributed by atoms with Crippen LogP contribution in [-0.2, 0) is 16.9 Å².